The summed E-state index contributed by atoms with van der Waals surface area (Å²) in [6, 6.07) is 8.55. The second kappa shape index (κ2) is 13.3. The Morgan fingerprint density at radius 3 is 2.09 bits per heavy atom. The number of hydrogen-bond acceptors (Lipinski definition) is 5. The van der Waals surface area contributed by atoms with Gasteiger partial charge >= 0.3 is 12.0 Å². The van der Waals surface area contributed by atoms with Crippen LogP contribution in [-0.2, 0) is 9.53 Å². The molecule has 1 N–H and O–H groups in total. The number of ether oxygens (including phenoxy) is 2. The number of carboxylic acid groups (broad SMARTS) is 1. The van der Waals surface area contributed by atoms with E-state index in [-0.39, 0.29) is 12.0 Å². The molecule has 33 heavy (non-hydrogen) atoms. The van der Waals surface area contributed by atoms with Crippen LogP contribution in [0.2, 0.25) is 0 Å². The monoisotopic (exact) mass is 454 g/mol. The number of aliphatic carboxylic acids is 1. The fourth-order valence-corrected chi connectivity index (χ4v) is 4.32. The Kier molecular flexibility index (Phi) is 10.1. The Hall–Kier alpha value is -2.47. The molecule has 0 bridgehead atoms. The topological polar surface area (TPSA) is 84.8 Å². The summed E-state index contributed by atoms with van der Waals surface area (Å²) < 4.78 is 11.1. The highest BCUT2D eigenvalue weighted by Gasteiger charge is 2.49. The number of unbranched alkanes of at least 4 members (excludes halogenated alkanes) is 8. The summed E-state index contributed by atoms with van der Waals surface area (Å²) in [6.45, 7) is 4.96. The van der Waals surface area contributed by atoms with E-state index in [1.165, 1.54) is 51.4 Å². The van der Waals surface area contributed by atoms with Crippen LogP contribution in [0, 0.1) is 0 Å². The lowest BCUT2D eigenvalue weighted by Gasteiger charge is -2.13. The maximum atomic E-state index is 11.1. The molecule has 1 unspecified atom stereocenters. The predicted molar refractivity (Wildman–Crippen MR) is 130 cm³/mol. The molecular weight excluding hydrogens is 416 g/mol. The number of epoxide rings is 1. The van der Waals surface area contributed by atoms with Crippen molar-refractivity contribution in [1.29, 1.82) is 0 Å². The number of carboxylic acids is 1. The normalized spacial score (nSPS) is 18.1. The van der Waals surface area contributed by atoms with Crippen LogP contribution in [0.15, 0.2) is 36.7 Å². The van der Waals surface area contributed by atoms with Crippen LogP contribution in [0.25, 0.3) is 11.1 Å². The average Bonchev–Trinajstić information content (AvgIpc) is 3.63. The molecule has 1 fully saturated rings. The van der Waals surface area contributed by atoms with E-state index in [1.807, 2.05) is 24.3 Å². The first-order valence-electron chi connectivity index (χ1n) is 12.6. The third-order valence-electron chi connectivity index (χ3n) is 6.38. The molecule has 1 aliphatic heterocycles. The minimum atomic E-state index is -0.882. The zero-order chi connectivity index (χ0) is 23.5. The first-order chi connectivity index (χ1) is 16.1. The fourth-order valence-electron chi connectivity index (χ4n) is 4.32. The van der Waals surface area contributed by atoms with E-state index < -0.39 is 12.1 Å². The van der Waals surface area contributed by atoms with Crippen molar-refractivity contribution in [2.75, 3.05) is 6.61 Å². The zero-order valence-electron chi connectivity index (χ0n) is 20.0. The standard InChI is InChI=1S/C27H38N2O4/c1-3-5-6-7-8-9-10-11-12-17-32-27-28-18-22(19-29-27)20-13-15-21(16-14-20)23(4-2)24-25(33-24)26(30)31/h13-16,18-19,23-25H,3-12,17H2,1-2H3,(H,30,31)/t23?,24-,25-/m1/s1. The molecule has 2 heterocycles. The lowest BCUT2D eigenvalue weighted by Crippen LogP contribution is -2.14. The van der Waals surface area contributed by atoms with Crippen LogP contribution in [-0.4, -0.2) is 39.9 Å². The van der Waals surface area contributed by atoms with Gasteiger partial charge in [0, 0.05) is 23.9 Å². The maximum absolute atomic E-state index is 11.1. The van der Waals surface area contributed by atoms with Crippen LogP contribution >= 0.6 is 0 Å². The minimum Gasteiger partial charge on any atom is -0.479 e. The number of rotatable bonds is 16. The Bertz CT molecular complexity index is 838. The van der Waals surface area contributed by atoms with Gasteiger partial charge in [-0.05, 0) is 24.0 Å². The van der Waals surface area contributed by atoms with Crippen LogP contribution in [0.5, 0.6) is 6.01 Å². The van der Waals surface area contributed by atoms with Crippen molar-refractivity contribution in [1.82, 2.24) is 9.97 Å². The van der Waals surface area contributed by atoms with E-state index in [0.29, 0.717) is 12.6 Å². The van der Waals surface area contributed by atoms with Crippen LogP contribution < -0.4 is 4.74 Å². The van der Waals surface area contributed by atoms with Gasteiger partial charge in [0.1, 0.15) is 6.10 Å². The van der Waals surface area contributed by atoms with Crippen molar-refractivity contribution in [3.05, 3.63) is 42.2 Å². The molecular formula is C27H38N2O4. The van der Waals surface area contributed by atoms with Crippen molar-refractivity contribution in [3.8, 4) is 17.1 Å². The first kappa shape index (κ1) is 25.2. The maximum Gasteiger partial charge on any atom is 0.335 e. The highest BCUT2D eigenvalue weighted by molar-refractivity contribution is 5.76. The van der Waals surface area contributed by atoms with Crippen LogP contribution in [0.3, 0.4) is 0 Å². The number of aromatic nitrogens is 2. The Balaban J connectivity index is 1.39. The first-order valence-corrected chi connectivity index (χ1v) is 12.6. The van der Waals surface area contributed by atoms with Crippen molar-refractivity contribution in [3.63, 3.8) is 0 Å². The van der Waals surface area contributed by atoms with Gasteiger partial charge in [-0.25, -0.2) is 14.8 Å². The number of nitrogens with zero attached hydrogens (tertiary/aromatic N) is 2. The molecule has 3 rings (SSSR count). The molecule has 1 saturated heterocycles. The van der Waals surface area contributed by atoms with Gasteiger partial charge < -0.3 is 14.6 Å². The minimum absolute atomic E-state index is 0.0910. The summed E-state index contributed by atoms with van der Waals surface area (Å²) in [5.74, 6) is -0.791. The van der Waals surface area contributed by atoms with Crippen LogP contribution in [0.4, 0.5) is 0 Å². The lowest BCUT2D eigenvalue weighted by atomic mass is 9.90. The third-order valence-corrected chi connectivity index (χ3v) is 6.38. The van der Waals surface area contributed by atoms with Crippen molar-refractivity contribution >= 4 is 5.97 Å². The summed E-state index contributed by atoms with van der Waals surface area (Å²) in [4.78, 5) is 19.8. The van der Waals surface area contributed by atoms with E-state index in [4.69, 9.17) is 14.6 Å². The van der Waals surface area contributed by atoms with Gasteiger partial charge in [0.2, 0.25) is 0 Å². The number of carbonyl (C=O) groups is 1. The summed E-state index contributed by atoms with van der Waals surface area (Å²) in [5, 5.41) is 9.12. The van der Waals surface area contributed by atoms with Gasteiger partial charge in [0.05, 0.1) is 6.61 Å². The van der Waals surface area contributed by atoms with E-state index in [2.05, 4.69) is 23.8 Å². The van der Waals surface area contributed by atoms with Gasteiger partial charge in [-0.15, -0.1) is 0 Å². The predicted octanol–water partition coefficient (Wildman–Crippen LogP) is 6.40. The largest absolute Gasteiger partial charge is 0.479 e. The number of benzene rings is 1. The van der Waals surface area contributed by atoms with Crippen molar-refractivity contribution < 1.29 is 19.4 Å². The smallest absolute Gasteiger partial charge is 0.335 e. The second-order valence-corrected chi connectivity index (χ2v) is 8.93. The molecule has 6 nitrogen and oxygen atoms in total. The molecule has 1 aliphatic rings. The molecule has 6 heteroatoms. The van der Waals surface area contributed by atoms with Gasteiger partial charge in [0.15, 0.2) is 6.10 Å². The Morgan fingerprint density at radius 1 is 0.939 bits per heavy atom. The summed E-state index contributed by atoms with van der Waals surface area (Å²) in [5.41, 5.74) is 3.04. The molecule has 2 aromatic rings. The SMILES string of the molecule is CCCCCCCCCCCOc1ncc(-c2ccc(C(CC)[C@H]3O[C@H]3C(=O)O)cc2)cn1. The van der Waals surface area contributed by atoms with Crippen LogP contribution in [0.1, 0.15) is 89.5 Å². The summed E-state index contributed by atoms with van der Waals surface area (Å²) in [7, 11) is 0. The van der Waals surface area contributed by atoms with E-state index in [1.54, 1.807) is 12.4 Å². The van der Waals surface area contributed by atoms with Crippen molar-refractivity contribution in [2.24, 2.45) is 0 Å². The molecule has 0 spiro atoms. The Morgan fingerprint density at radius 2 is 1.55 bits per heavy atom. The quantitative estimate of drug-likeness (QED) is 0.233. The van der Waals surface area contributed by atoms with Gasteiger partial charge in [-0.3, -0.25) is 0 Å². The van der Waals surface area contributed by atoms with Gasteiger partial charge in [0.25, 0.3) is 0 Å². The lowest BCUT2D eigenvalue weighted by molar-refractivity contribution is -0.138. The highest BCUT2D eigenvalue weighted by atomic mass is 16.6. The van der Waals surface area contributed by atoms with E-state index in [0.717, 1.165) is 29.5 Å². The van der Waals surface area contributed by atoms with Crippen molar-refractivity contribution in [2.45, 2.75) is 96.2 Å². The van der Waals surface area contributed by atoms with E-state index in [9.17, 15) is 4.79 Å². The average molecular weight is 455 g/mol. The Labute approximate surface area is 197 Å². The molecule has 0 amide bonds. The molecule has 0 radical (unpaired) electrons. The molecule has 1 aromatic carbocycles. The molecule has 0 aliphatic carbocycles. The second-order valence-electron chi connectivity index (χ2n) is 8.93. The molecule has 0 saturated carbocycles. The summed E-state index contributed by atoms with van der Waals surface area (Å²) in [6.07, 6.45) is 15.1. The highest BCUT2D eigenvalue weighted by Crippen LogP contribution is 2.38. The number of hydrogen-bond donors (Lipinski definition) is 1. The summed E-state index contributed by atoms with van der Waals surface area (Å²) >= 11 is 0. The third kappa shape index (κ3) is 7.81. The van der Waals surface area contributed by atoms with Gasteiger partial charge in [-0.1, -0.05) is 89.5 Å². The zero-order valence-corrected chi connectivity index (χ0v) is 20.0. The molecule has 180 valence electrons. The van der Waals surface area contributed by atoms with E-state index >= 15 is 0 Å². The molecule has 1 aromatic heterocycles. The van der Waals surface area contributed by atoms with Gasteiger partial charge in [-0.2, -0.15) is 0 Å². The fraction of sp³-hybridized carbons (Fsp3) is 0.593. The molecule has 3 atom stereocenters.